The van der Waals surface area contributed by atoms with Gasteiger partial charge in [0.05, 0.1) is 10.9 Å². The van der Waals surface area contributed by atoms with Crippen LogP contribution in [0.1, 0.15) is 45.4 Å². The second kappa shape index (κ2) is 11.6. The van der Waals surface area contributed by atoms with Crippen LogP contribution < -0.4 is 10.6 Å². The predicted octanol–water partition coefficient (Wildman–Crippen LogP) is 6.98. The van der Waals surface area contributed by atoms with Crippen LogP contribution in [0.4, 0.5) is 15.2 Å². The van der Waals surface area contributed by atoms with Gasteiger partial charge < -0.3 is 10.6 Å². The van der Waals surface area contributed by atoms with Crippen LogP contribution in [0.15, 0.2) is 58.8 Å². The topological polar surface area (TPSA) is 71.1 Å². The molecule has 1 aromatic heterocycles. The number of benzene rings is 2. The van der Waals surface area contributed by atoms with Crippen molar-refractivity contribution in [1.82, 2.24) is 4.98 Å². The number of rotatable bonds is 8. The molecular formula is C26H28FN3O2S2. The van der Waals surface area contributed by atoms with Crippen molar-refractivity contribution in [3.63, 3.8) is 0 Å². The van der Waals surface area contributed by atoms with Crippen molar-refractivity contribution in [3.05, 3.63) is 59.7 Å². The van der Waals surface area contributed by atoms with Gasteiger partial charge in [0.2, 0.25) is 11.8 Å². The quantitative estimate of drug-likeness (QED) is 0.330. The highest BCUT2D eigenvalue weighted by atomic mass is 32.2. The molecule has 1 heterocycles. The van der Waals surface area contributed by atoms with E-state index in [1.165, 1.54) is 41.7 Å². The number of carbonyl (C=O) groups excluding carboxylic acids is 2. The molecule has 0 radical (unpaired) electrons. The van der Waals surface area contributed by atoms with Crippen molar-refractivity contribution in [2.75, 3.05) is 10.6 Å². The number of hydrogen-bond acceptors (Lipinski definition) is 5. The Morgan fingerprint density at radius 2 is 1.88 bits per heavy atom. The summed E-state index contributed by atoms with van der Waals surface area (Å²) in [7, 11) is 0. The zero-order valence-corrected chi connectivity index (χ0v) is 20.7. The fourth-order valence-electron chi connectivity index (χ4n) is 4.01. The molecule has 1 saturated carbocycles. The molecule has 5 nitrogen and oxygen atoms in total. The fourth-order valence-corrected chi connectivity index (χ4v) is 5.75. The van der Waals surface area contributed by atoms with Gasteiger partial charge in [0.25, 0.3) is 0 Å². The molecule has 2 N–H and O–H groups in total. The number of hydrogen-bond donors (Lipinski definition) is 2. The second-order valence-electron chi connectivity index (χ2n) is 8.40. The highest BCUT2D eigenvalue weighted by Gasteiger charge is 2.22. The summed E-state index contributed by atoms with van der Waals surface area (Å²) in [6.07, 6.45) is 6.00. The Balaban J connectivity index is 1.36. The zero-order chi connectivity index (χ0) is 23.9. The van der Waals surface area contributed by atoms with Gasteiger partial charge in [0, 0.05) is 27.4 Å². The Morgan fingerprint density at radius 3 is 2.62 bits per heavy atom. The highest BCUT2D eigenvalue weighted by molar-refractivity contribution is 8.00. The van der Waals surface area contributed by atoms with E-state index < -0.39 is 0 Å². The number of anilines is 2. The molecule has 4 rings (SSSR count). The third-order valence-corrected chi connectivity index (χ3v) is 8.01. The van der Waals surface area contributed by atoms with Gasteiger partial charge in [-0.15, -0.1) is 23.1 Å². The second-order valence-corrected chi connectivity index (χ2v) is 10.5. The molecule has 1 fully saturated rings. The van der Waals surface area contributed by atoms with E-state index in [2.05, 4.69) is 15.6 Å². The highest BCUT2D eigenvalue weighted by Crippen LogP contribution is 2.31. The molecule has 2 amide bonds. The molecule has 0 bridgehead atoms. The minimum absolute atomic E-state index is 0.0902. The number of carbonyl (C=O) groups is 2. The Hall–Kier alpha value is -2.71. The molecule has 1 atom stereocenters. The van der Waals surface area contributed by atoms with Crippen LogP contribution >= 0.6 is 23.1 Å². The Bertz CT molecular complexity index is 1130. The van der Waals surface area contributed by atoms with Gasteiger partial charge >= 0.3 is 0 Å². The first-order valence-corrected chi connectivity index (χ1v) is 13.4. The van der Waals surface area contributed by atoms with E-state index in [4.69, 9.17) is 0 Å². The maximum Gasteiger partial charge on any atom is 0.239 e. The van der Waals surface area contributed by atoms with E-state index in [-0.39, 0.29) is 28.8 Å². The first kappa shape index (κ1) is 24.4. The summed E-state index contributed by atoms with van der Waals surface area (Å²) < 4.78 is 13.2. The van der Waals surface area contributed by atoms with Gasteiger partial charge in [0.15, 0.2) is 5.13 Å². The SMILES string of the molecule is CCC(Sc1cccc(NC(=O)C2CCCCC2)c1)C(=O)Nc1nc(-c2ccc(F)cc2)cs1. The van der Waals surface area contributed by atoms with Crippen LogP contribution in [0.2, 0.25) is 0 Å². The van der Waals surface area contributed by atoms with Crippen LogP contribution in [0.25, 0.3) is 11.3 Å². The third-order valence-electron chi connectivity index (χ3n) is 5.89. The monoisotopic (exact) mass is 497 g/mol. The van der Waals surface area contributed by atoms with Crippen molar-refractivity contribution in [2.45, 2.75) is 55.6 Å². The Labute approximate surface area is 207 Å². The molecule has 1 unspecified atom stereocenters. The molecule has 0 aliphatic heterocycles. The molecule has 1 aliphatic rings. The van der Waals surface area contributed by atoms with E-state index in [1.54, 1.807) is 12.1 Å². The molecule has 178 valence electrons. The maximum atomic E-state index is 13.2. The average molecular weight is 498 g/mol. The Morgan fingerprint density at radius 1 is 1.12 bits per heavy atom. The summed E-state index contributed by atoms with van der Waals surface area (Å²) >= 11 is 2.81. The lowest BCUT2D eigenvalue weighted by Crippen LogP contribution is -2.25. The lowest BCUT2D eigenvalue weighted by molar-refractivity contribution is -0.120. The normalized spacial score (nSPS) is 15.0. The minimum atomic E-state index is -0.303. The van der Waals surface area contributed by atoms with Crippen LogP contribution in [0.3, 0.4) is 0 Å². The van der Waals surface area contributed by atoms with Gasteiger partial charge in [-0.3, -0.25) is 9.59 Å². The minimum Gasteiger partial charge on any atom is -0.326 e. The molecular weight excluding hydrogens is 469 g/mol. The number of amides is 2. The van der Waals surface area contributed by atoms with Gasteiger partial charge in [-0.2, -0.15) is 0 Å². The number of nitrogens with one attached hydrogen (secondary N) is 2. The number of thioether (sulfide) groups is 1. The van der Waals surface area contributed by atoms with E-state index in [0.717, 1.165) is 41.8 Å². The largest absolute Gasteiger partial charge is 0.326 e. The zero-order valence-electron chi connectivity index (χ0n) is 19.1. The van der Waals surface area contributed by atoms with Crippen molar-refractivity contribution in [3.8, 4) is 11.3 Å². The molecule has 8 heteroatoms. The summed E-state index contributed by atoms with van der Waals surface area (Å²) in [6, 6.07) is 13.8. The van der Waals surface area contributed by atoms with Crippen molar-refractivity contribution in [1.29, 1.82) is 0 Å². The Kier molecular flexibility index (Phi) is 8.34. The number of thiazole rings is 1. The summed E-state index contributed by atoms with van der Waals surface area (Å²) in [4.78, 5) is 30.9. The van der Waals surface area contributed by atoms with E-state index >= 15 is 0 Å². The summed E-state index contributed by atoms with van der Waals surface area (Å²) in [5, 5.41) is 8.01. The van der Waals surface area contributed by atoms with E-state index in [1.807, 2.05) is 36.6 Å². The molecule has 34 heavy (non-hydrogen) atoms. The van der Waals surface area contributed by atoms with Crippen molar-refractivity contribution >= 4 is 45.7 Å². The smallest absolute Gasteiger partial charge is 0.239 e. The summed E-state index contributed by atoms with van der Waals surface area (Å²) in [5.74, 6) is -0.234. The summed E-state index contributed by atoms with van der Waals surface area (Å²) in [6.45, 7) is 1.97. The maximum absolute atomic E-state index is 13.2. The van der Waals surface area contributed by atoms with E-state index in [9.17, 15) is 14.0 Å². The molecule has 2 aromatic carbocycles. The number of nitrogens with zero attached hydrogens (tertiary/aromatic N) is 1. The first-order chi connectivity index (χ1) is 16.5. The van der Waals surface area contributed by atoms with Gasteiger partial charge in [-0.05, 0) is 61.7 Å². The van der Waals surface area contributed by atoms with Gasteiger partial charge in [-0.25, -0.2) is 9.37 Å². The molecule has 3 aromatic rings. The van der Waals surface area contributed by atoms with E-state index in [0.29, 0.717) is 17.2 Å². The summed E-state index contributed by atoms with van der Waals surface area (Å²) in [5.41, 5.74) is 2.26. The van der Waals surface area contributed by atoms with Crippen LogP contribution in [-0.4, -0.2) is 22.0 Å². The van der Waals surface area contributed by atoms with Crippen LogP contribution in [0, 0.1) is 11.7 Å². The fraction of sp³-hybridized carbons (Fsp3) is 0.346. The van der Waals surface area contributed by atoms with Crippen LogP contribution in [-0.2, 0) is 9.59 Å². The van der Waals surface area contributed by atoms with Crippen molar-refractivity contribution in [2.24, 2.45) is 5.92 Å². The first-order valence-electron chi connectivity index (χ1n) is 11.6. The lowest BCUT2D eigenvalue weighted by Gasteiger charge is -2.21. The van der Waals surface area contributed by atoms with Crippen LogP contribution in [0.5, 0.6) is 0 Å². The molecule has 1 aliphatic carbocycles. The lowest BCUT2D eigenvalue weighted by atomic mass is 9.88. The number of aromatic nitrogens is 1. The third kappa shape index (κ3) is 6.45. The van der Waals surface area contributed by atoms with Crippen molar-refractivity contribution < 1.29 is 14.0 Å². The van der Waals surface area contributed by atoms with Gasteiger partial charge in [0.1, 0.15) is 5.82 Å². The average Bonchev–Trinajstić information content (AvgIpc) is 3.32. The molecule has 0 saturated heterocycles. The van der Waals surface area contributed by atoms with Gasteiger partial charge in [-0.1, -0.05) is 32.3 Å². The standard InChI is InChI=1S/C26H28FN3O2S2/c1-2-23(25(32)30-26-29-22(16-33-26)17-11-13-19(27)14-12-17)34-21-10-6-9-20(15-21)28-24(31)18-7-4-3-5-8-18/h6,9-16,18,23H,2-5,7-8H2,1H3,(H,28,31)(H,29,30,32). The molecule has 0 spiro atoms. The number of halogens is 1. The predicted molar refractivity (Wildman–Crippen MR) is 138 cm³/mol.